The largest absolute Gasteiger partial charge is 0.444 e. The second-order valence-electron chi connectivity index (χ2n) is 7.90. The molecule has 0 amide bonds. The third-order valence-corrected chi connectivity index (χ3v) is 5.40. The number of benzene rings is 1. The predicted molar refractivity (Wildman–Crippen MR) is 139 cm³/mol. The number of hydrogen-bond donors (Lipinski definition) is 1. The molecule has 0 unspecified atom stereocenters. The molecule has 7 nitrogen and oxygen atoms in total. The SMILES string of the molecule is CCNC(=NCCc1coc(-c2ccc(C)cc2)n1)N1CCC(OCCCOC)CC1.I. The second-order valence-corrected chi connectivity index (χ2v) is 7.90. The first-order valence-electron chi connectivity index (χ1n) is 11.3. The molecule has 1 saturated heterocycles. The highest BCUT2D eigenvalue weighted by Crippen LogP contribution is 2.19. The van der Waals surface area contributed by atoms with Crippen molar-refractivity contribution in [3.63, 3.8) is 0 Å². The Morgan fingerprint density at radius 3 is 2.66 bits per heavy atom. The molecular formula is C24H37IN4O3. The van der Waals surface area contributed by atoms with Gasteiger partial charge in [0.2, 0.25) is 5.89 Å². The first kappa shape index (κ1) is 26.6. The summed E-state index contributed by atoms with van der Waals surface area (Å²) in [5.74, 6) is 1.64. The van der Waals surface area contributed by atoms with Gasteiger partial charge >= 0.3 is 0 Å². The minimum atomic E-state index is 0. The topological polar surface area (TPSA) is 72.1 Å². The molecule has 2 heterocycles. The van der Waals surface area contributed by atoms with E-state index in [1.165, 1.54) is 5.56 Å². The molecule has 0 bridgehead atoms. The number of likely N-dealkylation sites (tertiary alicyclic amines) is 1. The van der Waals surface area contributed by atoms with Crippen LogP contribution in [-0.4, -0.2) is 68.4 Å². The molecule has 2 aromatic rings. The zero-order valence-electron chi connectivity index (χ0n) is 19.5. The highest BCUT2D eigenvalue weighted by Gasteiger charge is 2.21. The van der Waals surface area contributed by atoms with Gasteiger partial charge in [-0.1, -0.05) is 17.7 Å². The van der Waals surface area contributed by atoms with E-state index in [1.54, 1.807) is 13.4 Å². The molecule has 1 aromatic heterocycles. The van der Waals surface area contributed by atoms with E-state index >= 15 is 0 Å². The van der Waals surface area contributed by atoms with Crippen molar-refractivity contribution in [2.45, 2.75) is 45.6 Å². The van der Waals surface area contributed by atoms with Gasteiger partial charge in [0, 0.05) is 58.5 Å². The second kappa shape index (κ2) is 14.5. The molecule has 1 fully saturated rings. The normalized spacial score (nSPS) is 15.0. The van der Waals surface area contributed by atoms with Crippen LogP contribution in [-0.2, 0) is 15.9 Å². The van der Waals surface area contributed by atoms with Crippen molar-refractivity contribution in [1.82, 2.24) is 15.2 Å². The number of halogens is 1. The summed E-state index contributed by atoms with van der Waals surface area (Å²) < 4.78 is 16.7. The van der Waals surface area contributed by atoms with Gasteiger partial charge in [-0.25, -0.2) is 4.98 Å². The van der Waals surface area contributed by atoms with Crippen molar-refractivity contribution in [2.75, 3.05) is 46.5 Å². The van der Waals surface area contributed by atoms with Crippen molar-refractivity contribution in [3.8, 4) is 11.5 Å². The van der Waals surface area contributed by atoms with Crippen LogP contribution in [0.5, 0.6) is 0 Å². The van der Waals surface area contributed by atoms with Crippen LogP contribution in [0.25, 0.3) is 11.5 Å². The summed E-state index contributed by atoms with van der Waals surface area (Å²) in [6.07, 6.45) is 5.84. The molecule has 32 heavy (non-hydrogen) atoms. The number of methoxy groups -OCH3 is 1. The minimum absolute atomic E-state index is 0. The van der Waals surface area contributed by atoms with Crippen LogP contribution in [0.1, 0.15) is 37.4 Å². The third-order valence-electron chi connectivity index (χ3n) is 5.40. The number of piperidine rings is 1. The summed E-state index contributed by atoms with van der Waals surface area (Å²) in [7, 11) is 1.73. The summed E-state index contributed by atoms with van der Waals surface area (Å²) in [5.41, 5.74) is 3.15. The molecule has 1 aliphatic rings. The van der Waals surface area contributed by atoms with E-state index in [1.807, 2.05) is 12.1 Å². The van der Waals surface area contributed by atoms with Crippen LogP contribution in [0.3, 0.4) is 0 Å². The number of aliphatic imine (C=N–C) groups is 1. The monoisotopic (exact) mass is 556 g/mol. The zero-order chi connectivity index (χ0) is 21.9. The molecule has 0 atom stereocenters. The summed E-state index contributed by atoms with van der Waals surface area (Å²) in [4.78, 5) is 11.8. The summed E-state index contributed by atoms with van der Waals surface area (Å²) >= 11 is 0. The van der Waals surface area contributed by atoms with E-state index in [4.69, 9.17) is 18.9 Å². The Kier molecular flexibility index (Phi) is 12.0. The van der Waals surface area contributed by atoms with E-state index in [9.17, 15) is 0 Å². The molecule has 0 aliphatic carbocycles. The lowest BCUT2D eigenvalue weighted by atomic mass is 10.1. The lowest BCUT2D eigenvalue weighted by Gasteiger charge is -2.34. The maximum Gasteiger partial charge on any atom is 0.226 e. The van der Waals surface area contributed by atoms with Crippen molar-refractivity contribution in [1.29, 1.82) is 0 Å². The number of nitrogens with zero attached hydrogens (tertiary/aromatic N) is 3. The van der Waals surface area contributed by atoms with Gasteiger partial charge in [0.1, 0.15) is 6.26 Å². The molecule has 1 aromatic carbocycles. The molecule has 0 spiro atoms. The Labute approximate surface area is 209 Å². The molecule has 1 N–H and O–H groups in total. The van der Waals surface area contributed by atoms with Gasteiger partial charge in [0.15, 0.2) is 5.96 Å². The zero-order valence-corrected chi connectivity index (χ0v) is 21.8. The summed E-state index contributed by atoms with van der Waals surface area (Å²) in [5, 5.41) is 3.42. The van der Waals surface area contributed by atoms with E-state index in [-0.39, 0.29) is 24.0 Å². The molecular weight excluding hydrogens is 519 g/mol. The summed E-state index contributed by atoms with van der Waals surface area (Å²) in [6.45, 7) is 9.16. The van der Waals surface area contributed by atoms with Crippen molar-refractivity contribution >= 4 is 29.9 Å². The standard InChI is InChI=1S/C24H36N4O3.HI/c1-4-25-24(28-14-11-22(12-15-28)30-17-5-16-29-3)26-13-10-21-18-31-23(27-21)20-8-6-19(2)7-9-20;/h6-9,18,22H,4-5,10-17H2,1-3H3,(H,25,26);1H. The average molecular weight is 556 g/mol. The Morgan fingerprint density at radius 1 is 1.22 bits per heavy atom. The Morgan fingerprint density at radius 2 is 1.97 bits per heavy atom. The van der Waals surface area contributed by atoms with E-state index < -0.39 is 0 Å². The number of aryl methyl sites for hydroxylation is 1. The maximum atomic E-state index is 5.97. The fraction of sp³-hybridized carbons (Fsp3) is 0.583. The molecule has 0 saturated carbocycles. The van der Waals surface area contributed by atoms with Crippen LogP contribution in [0.15, 0.2) is 39.9 Å². The first-order chi connectivity index (χ1) is 15.2. The van der Waals surface area contributed by atoms with Crippen molar-refractivity contribution < 1.29 is 13.9 Å². The molecule has 1 aliphatic heterocycles. The molecule has 0 radical (unpaired) electrons. The van der Waals surface area contributed by atoms with Gasteiger partial charge in [-0.3, -0.25) is 4.99 Å². The highest BCUT2D eigenvalue weighted by atomic mass is 127. The Hall–Kier alpha value is -1.65. The van der Waals surface area contributed by atoms with Crippen LogP contribution < -0.4 is 5.32 Å². The van der Waals surface area contributed by atoms with Crippen molar-refractivity contribution in [2.24, 2.45) is 4.99 Å². The average Bonchev–Trinajstić information content (AvgIpc) is 3.26. The van der Waals surface area contributed by atoms with Gasteiger partial charge in [-0.2, -0.15) is 0 Å². The quantitative estimate of drug-likeness (QED) is 0.204. The number of hydrogen-bond acceptors (Lipinski definition) is 5. The summed E-state index contributed by atoms with van der Waals surface area (Å²) in [6, 6.07) is 8.22. The van der Waals surface area contributed by atoms with Gasteiger partial charge in [-0.15, -0.1) is 24.0 Å². The number of guanidine groups is 1. The Balaban J connectivity index is 0.00000363. The molecule has 8 heteroatoms. The number of ether oxygens (including phenoxy) is 2. The minimum Gasteiger partial charge on any atom is -0.444 e. The van der Waals surface area contributed by atoms with E-state index in [2.05, 4.69) is 41.2 Å². The van der Waals surface area contributed by atoms with Crippen LogP contribution >= 0.6 is 24.0 Å². The smallest absolute Gasteiger partial charge is 0.226 e. The number of rotatable bonds is 10. The first-order valence-corrected chi connectivity index (χ1v) is 11.3. The lowest BCUT2D eigenvalue weighted by molar-refractivity contribution is 0.00991. The molecule has 178 valence electrons. The predicted octanol–water partition coefficient (Wildman–Crippen LogP) is 4.29. The van der Waals surface area contributed by atoms with Gasteiger partial charge in [-0.05, 0) is 45.2 Å². The van der Waals surface area contributed by atoms with Crippen LogP contribution in [0.4, 0.5) is 0 Å². The number of nitrogens with one attached hydrogen (secondary N) is 1. The number of aromatic nitrogens is 1. The Bertz CT molecular complexity index is 802. The van der Waals surface area contributed by atoms with Crippen LogP contribution in [0, 0.1) is 6.92 Å². The molecule has 3 rings (SSSR count). The van der Waals surface area contributed by atoms with Crippen molar-refractivity contribution in [3.05, 3.63) is 41.8 Å². The van der Waals surface area contributed by atoms with Gasteiger partial charge in [0.05, 0.1) is 11.8 Å². The highest BCUT2D eigenvalue weighted by molar-refractivity contribution is 14.0. The maximum absolute atomic E-state index is 5.97. The van der Waals surface area contributed by atoms with E-state index in [0.717, 1.165) is 75.7 Å². The van der Waals surface area contributed by atoms with E-state index in [0.29, 0.717) is 18.5 Å². The van der Waals surface area contributed by atoms with Gasteiger partial charge in [0.25, 0.3) is 0 Å². The third kappa shape index (κ3) is 8.37. The van der Waals surface area contributed by atoms with Gasteiger partial charge < -0.3 is 24.1 Å². The fourth-order valence-corrected chi connectivity index (χ4v) is 3.64. The number of oxazole rings is 1. The van der Waals surface area contributed by atoms with Crippen LogP contribution in [0.2, 0.25) is 0 Å². The fourth-order valence-electron chi connectivity index (χ4n) is 3.64. The lowest BCUT2D eigenvalue weighted by Crippen LogP contribution is -2.47.